The van der Waals surface area contributed by atoms with Crippen LogP contribution in [0.15, 0.2) is 18.2 Å². The lowest BCUT2D eigenvalue weighted by atomic mass is 10.1. The van der Waals surface area contributed by atoms with Gasteiger partial charge < -0.3 is 11.1 Å². The van der Waals surface area contributed by atoms with Crippen LogP contribution in [0.3, 0.4) is 0 Å². The average Bonchev–Trinajstić information content (AvgIpc) is 2.82. The zero-order chi connectivity index (χ0) is 11.1. The van der Waals surface area contributed by atoms with E-state index >= 15 is 0 Å². The van der Waals surface area contributed by atoms with Crippen molar-refractivity contribution in [1.29, 1.82) is 0 Å². The van der Waals surface area contributed by atoms with Crippen LogP contribution < -0.4 is 11.1 Å². The van der Waals surface area contributed by atoms with Crippen molar-refractivity contribution < 1.29 is 9.18 Å². The molecule has 15 heavy (non-hydrogen) atoms. The molecule has 1 saturated carbocycles. The van der Waals surface area contributed by atoms with E-state index in [0.717, 1.165) is 18.9 Å². The predicted octanol–water partition coefficient (Wildman–Crippen LogP) is 1.69. The van der Waals surface area contributed by atoms with Gasteiger partial charge in [-0.1, -0.05) is 0 Å². The average molecular weight is 208 g/mol. The van der Waals surface area contributed by atoms with Crippen molar-refractivity contribution in [2.24, 2.45) is 0 Å². The summed E-state index contributed by atoms with van der Waals surface area (Å²) in [5.41, 5.74) is 5.99. The molecule has 0 atom stereocenters. The molecular formula is C11H13FN2O. The van der Waals surface area contributed by atoms with E-state index in [1.165, 1.54) is 12.1 Å². The fourth-order valence-corrected chi connectivity index (χ4v) is 1.39. The SMILES string of the molecule is CC1(NC(=O)c2ccc(F)cc2N)CC1. The van der Waals surface area contributed by atoms with Gasteiger partial charge in [-0.3, -0.25) is 4.79 Å². The van der Waals surface area contributed by atoms with Crippen LogP contribution in [0.25, 0.3) is 0 Å². The number of nitrogens with one attached hydrogen (secondary N) is 1. The number of carbonyl (C=O) groups excluding carboxylic acids is 1. The number of nitrogens with two attached hydrogens (primary N) is 1. The van der Waals surface area contributed by atoms with E-state index in [1.54, 1.807) is 0 Å². The molecule has 0 aromatic heterocycles. The topological polar surface area (TPSA) is 55.1 Å². The molecule has 1 fully saturated rings. The van der Waals surface area contributed by atoms with Crippen LogP contribution in [0.5, 0.6) is 0 Å². The second kappa shape index (κ2) is 3.22. The number of benzene rings is 1. The summed E-state index contributed by atoms with van der Waals surface area (Å²) >= 11 is 0. The molecule has 3 N–H and O–H groups in total. The summed E-state index contributed by atoms with van der Waals surface area (Å²) in [4.78, 5) is 11.7. The Kier molecular flexibility index (Phi) is 2.14. The van der Waals surface area contributed by atoms with Crippen molar-refractivity contribution in [1.82, 2.24) is 5.32 Å². The predicted molar refractivity (Wildman–Crippen MR) is 55.9 cm³/mol. The van der Waals surface area contributed by atoms with E-state index in [2.05, 4.69) is 5.32 Å². The molecule has 0 unspecified atom stereocenters. The molecule has 0 saturated heterocycles. The highest BCUT2D eigenvalue weighted by Gasteiger charge is 2.39. The first-order valence-electron chi connectivity index (χ1n) is 4.88. The smallest absolute Gasteiger partial charge is 0.253 e. The minimum atomic E-state index is -0.429. The third-order valence-electron chi connectivity index (χ3n) is 2.67. The normalized spacial score (nSPS) is 17.2. The van der Waals surface area contributed by atoms with E-state index in [9.17, 15) is 9.18 Å². The molecule has 0 radical (unpaired) electrons. The van der Waals surface area contributed by atoms with Crippen molar-refractivity contribution in [3.63, 3.8) is 0 Å². The molecule has 2 rings (SSSR count). The highest BCUT2D eigenvalue weighted by atomic mass is 19.1. The summed E-state index contributed by atoms with van der Waals surface area (Å²) in [6.45, 7) is 1.98. The molecule has 80 valence electrons. The summed E-state index contributed by atoms with van der Waals surface area (Å²) in [6.07, 6.45) is 1.97. The van der Waals surface area contributed by atoms with Gasteiger partial charge in [0.25, 0.3) is 5.91 Å². The van der Waals surface area contributed by atoms with Crippen LogP contribution in [0.1, 0.15) is 30.1 Å². The summed E-state index contributed by atoms with van der Waals surface area (Å²) in [5, 5.41) is 2.87. The molecule has 1 amide bonds. The van der Waals surface area contributed by atoms with Gasteiger partial charge in [-0.2, -0.15) is 0 Å². The second-order valence-electron chi connectivity index (χ2n) is 4.25. The van der Waals surface area contributed by atoms with Gasteiger partial charge in [0, 0.05) is 11.2 Å². The van der Waals surface area contributed by atoms with Crippen LogP contribution in [0, 0.1) is 5.82 Å². The summed E-state index contributed by atoms with van der Waals surface area (Å²) in [6, 6.07) is 3.80. The van der Waals surface area contributed by atoms with Crippen LogP contribution >= 0.6 is 0 Å². The molecule has 0 aliphatic heterocycles. The maximum atomic E-state index is 12.7. The Hall–Kier alpha value is -1.58. The fourth-order valence-electron chi connectivity index (χ4n) is 1.39. The first kappa shape index (κ1) is 9.96. The quantitative estimate of drug-likeness (QED) is 0.727. The standard InChI is InChI=1S/C11H13FN2O/c1-11(4-5-11)14-10(15)8-3-2-7(12)6-9(8)13/h2-3,6H,4-5,13H2,1H3,(H,14,15). The van der Waals surface area contributed by atoms with E-state index in [4.69, 9.17) is 5.73 Å². The van der Waals surface area contributed by atoms with Crippen LogP contribution in [-0.4, -0.2) is 11.4 Å². The Morgan fingerprint density at radius 2 is 2.20 bits per heavy atom. The molecule has 1 aliphatic rings. The first-order chi connectivity index (χ1) is 7.00. The van der Waals surface area contributed by atoms with E-state index in [-0.39, 0.29) is 17.1 Å². The Morgan fingerprint density at radius 3 is 2.73 bits per heavy atom. The minimum Gasteiger partial charge on any atom is -0.398 e. The Labute approximate surface area is 87.5 Å². The monoisotopic (exact) mass is 208 g/mol. The van der Waals surface area contributed by atoms with Crippen molar-refractivity contribution in [2.45, 2.75) is 25.3 Å². The number of rotatable bonds is 2. The number of amides is 1. The van der Waals surface area contributed by atoms with E-state index in [1.807, 2.05) is 6.92 Å². The van der Waals surface area contributed by atoms with Crippen molar-refractivity contribution in [3.8, 4) is 0 Å². The molecule has 1 aliphatic carbocycles. The van der Waals surface area contributed by atoms with Crippen LogP contribution in [0.2, 0.25) is 0 Å². The Balaban J connectivity index is 2.18. The third-order valence-corrected chi connectivity index (χ3v) is 2.67. The second-order valence-corrected chi connectivity index (χ2v) is 4.25. The van der Waals surface area contributed by atoms with Gasteiger partial charge in [0.2, 0.25) is 0 Å². The summed E-state index contributed by atoms with van der Waals surface area (Å²) in [5.74, 6) is -0.658. The van der Waals surface area contributed by atoms with Gasteiger partial charge in [0.1, 0.15) is 5.82 Å². The largest absolute Gasteiger partial charge is 0.398 e. The molecule has 3 nitrogen and oxygen atoms in total. The molecule has 1 aromatic rings. The fraction of sp³-hybridized carbons (Fsp3) is 0.364. The van der Waals surface area contributed by atoms with Crippen LogP contribution in [0.4, 0.5) is 10.1 Å². The van der Waals surface area contributed by atoms with Gasteiger partial charge in [-0.05, 0) is 38.0 Å². The molecule has 4 heteroatoms. The Morgan fingerprint density at radius 1 is 1.53 bits per heavy atom. The molecule has 0 bridgehead atoms. The maximum absolute atomic E-state index is 12.7. The zero-order valence-electron chi connectivity index (χ0n) is 8.51. The lowest BCUT2D eigenvalue weighted by Gasteiger charge is -2.12. The molecular weight excluding hydrogens is 195 g/mol. The zero-order valence-corrected chi connectivity index (χ0v) is 8.51. The van der Waals surface area contributed by atoms with Gasteiger partial charge >= 0.3 is 0 Å². The minimum absolute atomic E-state index is 0.0854. The van der Waals surface area contributed by atoms with Gasteiger partial charge in [0.15, 0.2) is 0 Å². The summed E-state index contributed by atoms with van der Waals surface area (Å²) < 4.78 is 12.7. The lowest BCUT2D eigenvalue weighted by Crippen LogP contribution is -2.34. The molecule has 0 spiro atoms. The highest BCUT2D eigenvalue weighted by Crippen LogP contribution is 2.34. The number of carbonyl (C=O) groups is 1. The first-order valence-corrected chi connectivity index (χ1v) is 4.88. The van der Waals surface area contributed by atoms with E-state index < -0.39 is 5.82 Å². The van der Waals surface area contributed by atoms with Gasteiger partial charge in [0.05, 0.1) is 5.56 Å². The van der Waals surface area contributed by atoms with E-state index in [0.29, 0.717) is 5.56 Å². The van der Waals surface area contributed by atoms with Crippen molar-refractivity contribution >= 4 is 11.6 Å². The number of nitrogen functional groups attached to an aromatic ring is 1. The molecule has 1 aromatic carbocycles. The number of halogens is 1. The number of hydrogen-bond donors (Lipinski definition) is 2. The van der Waals surface area contributed by atoms with Crippen molar-refractivity contribution in [2.75, 3.05) is 5.73 Å². The lowest BCUT2D eigenvalue weighted by molar-refractivity contribution is 0.0936. The van der Waals surface area contributed by atoms with Crippen LogP contribution in [-0.2, 0) is 0 Å². The van der Waals surface area contributed by atoms with Gasteiger partial charge in [-0.15, -0.1) is 0 Å². The summed E-state index contributed by atoms with van der Waals surface area (Å²) in [7, 11) is 0. The van der Waals surface area contributed by atoms with Gasteiger partial charge in [-0.25, -0.2) is 4.39 Å². The number of hydrogen-bond acceptors (Lipinski definition) is 2. The molecule has 0 heterocycles. The number of anilines is 1. The highest BCUT2D eigenvalue weighted by molar-refractivity contribution is 5.99. The van der Waals surface area contributed by atoms with Crippen molar-refractivity contribution in [3.05, 3.63) is 29.6 Å². The Bertz CT molecular complexity index is 413. The maximum Gasteiger partial charge on any atom is 0.253 e. The third kappa shape index (κ3) is 2.09.